The minimum absolute atomic E-state index is 0.104. The summed E-state index contributed by atoms with van der Waals surface area (Å²) in [6, 6.07) is 7.83. The number of fused-ring (bicyclic) bond motifs is 1. The first kappa shape index (κ1) is 10.2. The van der Waals surface area contributed by atoms with Crippen LogP contribution in [-0.2, 0) is 4.79 Å². The lowest BCUT2D eigenvalue weighted by Gasteiger charge is -2.11. The van der Waals surface area contributed by atoms with Crippen molar-refractivity contribution in [1.82, 2.24) is 14.9 Å². The Kier molecular flexibility index (Phi) is 2.28. The topological polar surface area (TPSA) is 46.1 Å². The number of para-hydroxylation sites is 1. The van der Waals surface area contributed by atoms with E-state index in [1.54, 1.807) is 11.2 Å². The highest BCUT2D eigenvalue weighted by molar-refractivity contribution is 5.91. The largest absolute Gasteiger partial charge is 0.345 e. The van der Waals surface area contributed by atoms with Gasteiger partial charge in [0.1, 0.15) is 6.33 Å². The standard InChI is InChI=1S/C13H13N3O/c1-16-7-6-10(13(16)17)12-9-4-2-3-5-11(9)14-8-15-12/h2-5,8,10H,6-7H2,1H3. The van der Waals surface area contributed by atoms with Gasteiger partial charge >= 0.3 is 0 Å². The summed E-state index contributed by atoms with van der Waals surface area (Å²) in [4.78, 5) is 22.3. The highest BCUT2D eigenvalue weighted by Crippen LogP contribution is 2.30. The van der Waals surface area contributed by atoms with Gasteiger partial charge in [0.15, 0.2) is 0 Å². The number of nitrogens with zero attached hydrogens (tertiary/aromatic N) is 3. The van der Waals surface area contributed by atoms with Gasteiger partial charge < -0.3 is 4.90 Å². The molecular formula is C13H13N3O. The molecule has 4 nitrogen and oxygen atoms in total. The summed E-state index contributed by atoms with van der Waals surface area (Å²) >= 11 is 0. The van der Waals surface area contributed by atoms with Crippen LogP contribution in [0, 0.1) is 0 Å². The molecule has 0 spiro atoms. The van der Waals surface area contributed by atoms with Crippen LogP contribution in [0.2, 0.25) is 0 Å². The lowest BCUT2D eigenvalue weighted by molar-refractivity contribution is -0.127. The Hall–Kier alpha value is -1.97. The molecule has 2 aromatic rings. The normalized spacial score (nSPS) is 20.2. The number of hydrogen-bond donors (Lipinski definition) is 0. The monoisotopic (exact) mass is 227 g/mol. The number of rotatable bonds is 1. The fourth-order valence-corrected chi connectivity index (χ4v) is 2.38. The number of benzene rings is 1. The minimum atomic E-state index is -0.104. The molecule has 1 fully saturated rings. The predicted octanol–water partition coefficient (Wildman–Crippen LogP) is 1.58. The van der Waals surface area contributed by atoms with Crippen molar-refractivity contribution < 1.29 is 4.79 Å². The molecule has 4 heteroatoms. The quantitative estimate of drug-likeness (QED) is 0.743. The SMILES string of the molecule is CN1CCC(c2ncnc3ccccc23)C1=O. The summed E-state index contributed by atoms with van der Waals surface area (Å²) in [6.45, 7) is 0.807. The molecule has 1 saturated heterocycles. The number of likely N-dealkylation sites (tertiary alicyclic amines) is 1. The molecule has 0 saturated carbocycles. The highest BCUT2D eigenvalue weighted by Gasteiger charge is 2.32. The Balaban J connectivity index is 2.15. The summed E-state index contributed by atoms with van der Waals surface area (Å²) in [5.41, 5.74) is 1.77. The Morgan fingerprint density at radius 1 is 1.29 bits per heavy atom. The molecule has 1 aromatic carbocycles. The molecule has 1 unspecified atom stereocenters. The third kappa shape index (κ3) is 1.56. The molecule has 0 radical (unpaired) electrons. The number of aromatic nitrogens is 2. The van der Waals surface area contributed by atoms with Gasteiger partial charge in [-0.05, 0) is 12.5 Å². The van der Waals surface area contributed by atoms with Gasteiger partial charge in [-0.15, -0.1) is 0 Å². The minimum Gasteiger partial charge on any atom is -0.345 e. The third-order valence-corrected chi connectivity index (χ3v) is 3.33. The molecule has 1 aliphatic heterocycles. The zero-order chi connectivity index (χ0) is 11.8. The molecule has 1 amide bonds. The van der Waals surface area contributed by atoms with E-state index in [4.69, 9.17) is 0 Å². The van der Waals surface area contributed by atoms with Gasteiger partial charge in [0.25, 0.3) is 0 Å². The van der Waals surface area contributed by atoms with Gasteiger partial charge in [-0.2, -0.15) is 0 Å². The molecule has 17 heavy (non-hydrogen) atoms. The fourth-order valence-electron chi connectivity index (χ4n) is 2.38. The first-order valence-corrected chi connectivity index (χ1v) is 5.72. The van der Waals surface area contributed by atoms with E-state index < -0.39 is 0 Å². The molecule has 3 rings (SSSR count). The predicted molar refractivity (Wildman–Crippen MR) is 64.5 cm³/mol. The average molecular weight is 227 g/mol. The van der Waals surface area contributed by atoms with Crippen molar-refractivity contribution in [1.29, 1.82) is 0 Å². The van der Waals surface area contributed by atoms with Crippen LogP contribution in [0.1, 0.15) is 18.0 Å². The van der Waals surface area contributed by atoms with Crippen LogP contribution in [0.5, 0.6) is 0 Å². The highest BCUT2D eigenvalue weighted by atomic mass is 16.2. The second-order valence-electron chi connectivity index (χ2n) is 4.38. The fraction of sp³-hybridized carbons (Fsp3) is 0.308. The van der Waals surface area contributed by atoms with Crippen molar-refractivity contribution in [3.05, 3.63) is 36.3 Å². The molecule has 1 aliphatic rings. The molecule has 1 aromatic heterocycles. The number of amides is 1. The van der Waals surface area contributed by atoms with Crippen molar-refractivity contribution in [3.63, 3.8) is 0 Å². The number of likely N-dealkylation sites (N-methyl/N-ethyl adjacent to an activating group) is 1. The summed E-state index contributed by atoms with van der Waals surface area (Å²) in [7, 11) is 1.84. The zero-order valence-electron chi connectivity index (χ0n) is 9.63. The third-order valence-electron chi connectivity index (χ3n) is 3.33. The van der Waals surface area contributed by atoms with E-state index in [1.165, 1.54) is 0 Å². The Morgan fingerprint density at radius 2 is 2.12 bits per heavy atom. The zero-order valence-corrected chi connectivity index (χ0v) is 9.63. The molecule has 1 atom stereocenters. The van der Waals surface area contributed by atoms with Crippen LogP contribution in [0.4, 0.5) is 0 Å². The molecule has 0 N–H and O–H groups in total. The molecule has 0 aliphatic carbocycles. The van der Waals surface area contributed by atoms with Crippen LogP contribution in [0.3, 0.4) is 0 Å². The second-order valence-corrected chi connectivity index (χ2v) is 4.38. The number of carbonyl (C=O) groups excluding carboxylic acids is 1. The smallest absolute Gasteiger partial charge is 0.231 e. The van der Waals surface area contributed by atoms with Gasteiger partial charge in [-0.1, -0.05) is 18.2 Å². The maximum absolute atomic E-state index is 12.0. The van der Waals surface area contributed by atoms with Crippen LogP contribution >= 0.6 is 0 Å². The van der Waals surface area contributed by atoms with E-state index >= 15 is 0 Å². The summed E-state index contributed by atoms with van der Waals surface area (Å²) < 4.78 is 0. The van der Waals surface area contributed by atoms with Crippen molar-refractivity contribution in [2.45, 2.75) is 12.3 Å². The van der Waals surface area contributed by atoms with E-state index in [0.29, 0.717) is 0 Å². The second kappa shape index (κ2) is 3.80. The van der Waals surface area contributed by atoms with Crippen molar-refractivity contribution in [3.8, 4) is 0 Å². The van der Waals surface area contributed by atoms with E-state index in [-0.39, 0.29) is 11.8 Å². The van der Waals surface area contributed by atoms with E-state index in [0.717, 1.165) is 29.6 Å². The van der Waals surface area contributed by atoms with Gasteiger partial charge in [0.2, 0.25) is 5.91 Å². The van der Waals surface area contributed by atoms with Gasteiger partial charge in [-0.3, -0.25) is 4.79 Å². The average Bonchev–Trinajstić information content (AvgIpc) is 2.69. The van der Waals surface area contributed by atoms with Gasteiger partial charge in [-0.25, -0.2) is 9.97 Å². The van der Waals surface area contributed by atoms with Gasteiger partial charge in [0, 0.05) is 19.0 Å². The number of carbonyl (C=O) groups is 1. The van der Waals surface area contributed by atoms with Crippen LogP contribution in [0.25, 0.3) is 10.9 Å². The van der Waals surface area contributed by atoms with Crippen LogP contribution in [-0.4, -0.2) is 34.4 Å². The van der Waals surface area contributed by atoms with Gasteiger partial charge in [0.05, 0.1) is 17.1 Å². The first-order valence-electron chi connectivity index (χ1n) is 5.72. The van der Waals surface area contributed by atoms with Crippen LogP contribution < -0.4 is 0 Å². The number of hydrogen-bond acceptors (Lipinski definition) is 3. The van der Waals surface area contributed by atoms with E-state index in [9.17, 15) is 4.79 Å². The first-order chi connectivity index (χ1) is 8.27. The van der Waals surface area contributed by atoms with Crippen molar-refractivity contribution in [2.24, 2.45) is 0 Å². The summed E-state index contributed by atoms with van der Waals surface area (Å²) in [5.74, 6) is 0.0572. The molecular weight excluding hydrogens is 214 g/mol. The summed E-state index contributed by atoms with van der Waals surface area (Å²) in [6.07, 6.45) is 2.39. The van der Waals surface area contributed by atoms with E-state index in [2.05, 4.69) is 9.97 Å². The maximum atomic E-state index is 12.0. The Bertz CT molecular complexity index is 576. The molecule has 0 bridgehead atoms. The van der Waals surface area contributed by atoms with Crippen LogP contribution in [0.15, 0.2) is 30.6 Å². The molecule has 86 valence electrons. The Labute approximate surface area is 99.3 Å². The lowest BCUT2D eigenvalue weighted by Crippen LogP contribution is -2.22. The van der Waals surface area contributed by atoms with E-state index in [1.807, 2.05) is 31.3 Å². The Morgan fingerprint density at radius 3 is 2.88 bits per heavy atom. The molecule has 2 heterocycles. The summed E-state index contributed by atoms with van der Waals surface area (Å²) in [5, 5.41) is 0.989. The maximum Gasteiger partial charge on any atom is 0.231 e. The lowest BCUT2D eigenvalue weighted by atomic mass is 9.99. The van der Waals surface area contributed by atoms with Crippen molar-refractivity contribution >= 4 is 16.8 Å². The van der Waals surface area contributed by atoms with Crippen molar-refractivity contribution in [2.75, 3.05) is 13.6 Å².